The maximum atomic E-state index is 5.14. The smallest absolute Gasteiger partial charge is 0.225 e. The SMILES string of the molecule is CN(C)CC1CCN(c2n[nH]c(=S)n2C)CC1. The van der Waals surface area contributed by atoms with Crippen LogP contribution < -0.4 is 4.90 Å². The quantitative estimate of drug-likeness (QED) is 0.825. The van der Waals surface area contributed by atoms with Gasteiger partial charge in [-0.2, -0.15) is 0 Å². The highest BCUT2D eigenvalue weighted by molar-refractivity contribution is 7.71. The molecule has 1 fully saturated rings. The van der Waals surface area contributed by atoms with Gasteiger partial charge >= 0.3 is 0 Å². The molecule has 6 heteroatoms. The van der Waals surface area contributed by atoms with Gasteiger partial charge < -0.3 is 9.80 Å². The lowest BCUT2D eigenvalue weighted by molar-refractivity contribution is 0.284. The molecule has 2 rings (SSSR count). The van der Waals surface area contributed by atoms with Gasteiger partial charge in [-0.25, -0.2) is 5.10 Å². The van der Waals surface area contributed by atoms with Crippen molar-refractivity contribution in [3.05, 3.63) is 4.77 Å². The summed E-state index contributed by atoms with van der Waals surface area (Å²) in [5.74, 6) is 1.78. The van der Waals surface area contributed by atoms with E-state index in [0.29, 0.717) is 4.77 Å². The zero-order chi connectivity index (χ0) is 12.4. The lowest BCUT2D eigenvalue weighted by Gasteiger charge is -2.33. The fourth-order valence-electron chi connectivity index (χ4n) is 2.45. The Balaban J connectivity index is 1.95. The number of rotatable bonds is 3. The van der Waals surface area contributed by atoms with Crippen LogP contribution in [0, 0.1) is 10.7 Å². The molecule has 1 N–H and O–H groups in total. The molecule has 0 saturated carbocycles. The van der Waals surface area contributed by atoms with Gasteiger partial charge in [-0.15, -0.1) is 5.10 Å². The highest BCUT2D eigenvalue weighted by Crippen LogP contribution is 2.21. The second-order valence-electron chi connectivity index (χ2n) is 5.08. The van der Waals surface area contributed by atoms with Crippen LogP contribution >= 0.6 is 12.2 Å². The number of aromatic amines is 1. The molecule has 0 atom stereocenters. The average Bonchev–Trinajstić information content (AvgIpc) is 2.60. The van der Waals surface area contributed by atoms with E-state index in [0.717, 1.165) is 25.0 Å². The zero-order valence-electron chi connectivity index (χ0n) is 10.8. The first-order valence-corrected chi connectivity index (χ1v) is 6.50. The molecule has 1 saturated heterocycles. The molecule has 1 aromatic heterocycles. The van der Waals surface area contributed by atoms with Gasteiger partial charge in [0.25, 0.3) is 0 Å². The second kappa shape index (κ2) is 5.18. The molecule has 0 amide bonds. The lowest BCUT2D eigenvalue weighted by Crippen LogP contribution is -2.38. The fraction of sp³-hybridized carbons (Fsp3) is 0.818. The number of hydrogen-bond donors (Lipinski definition) is 1. The van der Waals surface area contributed by atoms with Crippen LogP contribution in [0.4, 0.5) is 5.95 Å². The molecule has 0 bridgehead atoms. The summed E-state index contributed by atoms with van der Waals surface area (Å²) in [4.78, 5) is 4.59. The predicted molar refractivity (Wildman–Crippen MR) is 71.9 cm³/mol. The molecule has 1 aliphatic heterocycles. The van der Waals surface area contributed by atoms with Crippen LogP contribution in [0.1, 0.15) is 12.8 Å². The summed E-state index contributed by atoms with van der Waals surface area (Å²) in [7, 11) is 6.25. The predicted octanol–water partition coefficient (Wildman–Crippen LogP) is 1.26. The van der Waals surface area contributed by atoms with Crippen molar-refractivity contribution in [2.75, 3.05) is 38.6 Å². The van der Waals surface area contributed by atoms with Crippen molar-refractivity contribution < 1.29 is 0 Å². The van der Waals surface area contributed by atoms with Gasteiger partial charge in [0.1, 0.15) is 0 Å². The number of aromatic nitrogens is 3. The Morgan fingerprint density at radius 2 is 2.06 bits per heavy atom. The van der Waals surface area contributed by atoms with E-state index in [-0.39, 0.29) is 0 Å². The van der Waals surface area contributed by atoms with E-state index in [9.17, 15) is 0 Å². The highest BCUT2D eigenvalue weighted by Gasteiger charge is 2.22. The van der Waals surface area contributed by atoms with Crippen LogP contribution in [0.15, 0.2) is 0 Å². The molecule has 96 valence electrons. The number of anilines is 1. The standard InChI is InChI=1S/C11H21N5S/c1-14(2)8-9-4-6-16(7-5-9)10-12-13-11(17)15(10)3/h9H,4-8H2,1-3H3,(H,13,17). The lowest BCUT2D eigenvalue weighted by atomic mass is 9.97. The number of nitrogens with zero attached hydrogens (tertiary/aromatic N) is 4. The number of piperidine rings is 1. The minimum absolute atomic E-state index is 0.690. The molecular formula is C11H21N5S. The van der Waals surface area contributed by atoms with Gasteiger partial charge in [-0.3, -0.25) is 4.57 Å². The second-order valence-corrected chi connectivity index (χ2v) is 5.47. The Morgan fingerprint density at radius 3 is 2.53 bits per heavy atom. The monoisotopic (exact) mass is 255 g/mol. The molecule has 5 nitrogen and oxygen atoms in total. The maximum Gasteiger partial charge on any atom is 0.225 e. The van der Waals surface area contributed by atoms with Crippen molar-refractivity contribution in [3.8, 4) is 0 Å². The van der Waals surface area contributed by atoms with Crippen LogP contribution in [0.25, 0.3) is 0 Å². The Labute approximate surface area is 107 Å². The molecule has 0 aliphatic carbocycles. The van der Waals surface area contributed by atoms with Crippen LogP contribution in [0.2, 0.25) is 0 Å². The average molecular weight is 255 g/mol. The summed E-state index contributed by atoms with van der Waals surface area (Å²) in [6.45, 7) is 3.34. The first kappa shape index (κ1) is 12.6. The molecule has 0 aromatic carbocycles. The molecule has 2 heterocycles. The summed E-state index contributed by atoms with van der Waals surface area (Å²) >= 11 is 5.14. The normalized spacial score (nSPS) is 18.0. The van der Waals surface area contributed by atoms with E-state index in [4.69, 9.17) is 12.2 Å². The Hall–Kier alpha value is -0.880. The fourth-order valence-corrected chi connectivity index (χ4v) is 2.58. The molecule has 0 radical (unpaired) electrons. The summed E-state index contributed by atoms with van der Waals surface area (Å²) in [5.41, 5.74) is 0. The Kier molecular flexibility index (Phi) is 3.83. The van der Waals surface area contributed by atoms with Crippen molar-refractivity contribution in [2.24, 2.45) is 13.0 Å². The van der Waals surface area contributed by atoms with Crippen molar-refractivity contribution in [2.45, 2.75) is 12.8 Å². The van der Waals surface area contributed by atoms with Crippen LogP contribution in [0.3, 0.4) is 0 Å². The molecule has 1 aromatic rings. The number of hydrogen-bond acceptors (Lipinski definition) is 4. The van der Waals surface area contributed by atoms with Gasteiger partial charge in [0.15, 0.2) is 4.77 Å². The van der Waals surface area contributed by atoms with Gasteiger partial charge in [-0.05, 0) is 45.1 Å². The van der Waals surface area contributed by atoms with Gasteiger partial charge in [0.2, 0.25) is 5.95 Å². The van der Waals surface area contributed by atoms with Gasteiger partial charge in [0, 0.05) is 26.7 Å². The summed E-state index contributed by atoms with van der Waals surface area (Å²) in [5, 5.41) is 7.13. The van der Waals surface area contributed by atoms with Crippen molar-refractivity contribution in [1.29, 1.82) is 0 Å². The third-order valence-electron chi connectivity index (χ3n) is 3.38. The zero-order valence-corrected chi connectivity index (χ0v) is 11.6. The molecule has 1 aliphatic rings. The minimum Gasteiger partial charge on any atom is -0.341 e. The van der Waals surface area contributed by atoms with E-state index in [1.54, 1.807) is 0 Å². The molecule has 0 spiro atoms. The van der Waals surface area contributed by atoms with Crippen molar-refractivity contribution in [3.63, 3.8) is 0 Å². The van der Waals surface area contributed by atoms with Gasteiger partial charge in [-0.1, -0.05) is 0 Å². The van der Waals surface area contributed by atoms with E-state index >= 15 is 0 Å². The van der Waals surface area contributed by atoms with E-state index in [1.807, 2.05) is 11.6 Å². The van der Waals surface area contributed by atoms with Crippen LogP contribution in [0.5, 0.6) is 0 Å². The van der Waals surface area contributed by atoms with Crippen molar-refractivity contribution in [1.82, 2.24) is 19.7 Å². The largest absolute Gasteiger partial charge is 0.341 e. The Morgan fingerprint density at radius 1 is 1.41 bits per heavy atom. The first-order valence-electron chi connectivity index (χ1n) is 6.09. The number of H-pyrrole nitrogens is 1. The van der Waals surface area contributed by atoms with Crippen LogP contribution in [-0.4, -0.2) is 53.4 Å². The number of nitrogens with one attached hydrogen (secondary N) is 1. The molecule has 0 unspecified atom stereocenters. The molecule has 17 heavy (non-hydrogen) atoms. The van der Waals surface area contributed by atoms with Crippen molar-refractivity contribution >= 4 is 18.2 Å². The maximum absolute atomic E-state index is 5.14. The minimum atomic E-state index is 0.690. The third-order valence-corrected chi connectivity index (χ3v) is 3.74. The highest BCUT2D eigenvalue weighted by atomic mass is 32.1. The molecular weight excluding hydrogens is 234 g/mol. The van der Waals surface area contributed by atoms with E-state index in [1.165, 1.54) is 19.4 Å². The van der Waals surface area contributed by atoms with Gasteiger partial charge in [0.05, 0.1) is 0 Å². The summed E-state index contributed by atoms with van der Waals surface area (Å²) in [6.07, 6.45) is 2.47. The summed E-state index contributed by atoms with van der Waals surface area (Å²) in [6, 6.07) is 0. The van der Waals surface area contributed by atoms with Crippen LogP contribution in [-0.2, 0) is 7.05 Å². The Bertz CT molecular complexity index is 414. The third kappa shape index (κ3) is 2.87. The van der Waals surface area contributed by atoms with E-state index in [2.05, 4.69) is 34.1 Å². The summed E-state index contributed by atoms with van der Waals surface area (Å²) < 4.78 is 2.64. The topological polar surface area (TPSA) is 40.1 Å². The van der Waals surface area contributed by atoms with E-state index < -0.39 is 0 Å². The first-order chi connectivity index (χ1) is 8.08.